The molecule has 1 rings (SSSR count). The molecular formula is C10H13F3N4O2S2. The van der Waals surface area contributed by atoms with E-state index in [0.29, 0.717) is 18.1 Å². The molecule has 0 atom stereocenters. The molecule has 0 unspecified atom stereocenters. The summed E-state index contributed by atoms with van der Waals surface area (Å²) in [4.78, 5) is 12.9. The first-order valence-corrected chi connectivity index (χ1v) is 7.78. The molecule has 1 N–H and O–H groups in total. The molecule has 11 heteroatoms. The molecule has 1 aromatic heterocycles. The highest BCUT2D eigenvalue weighted by atomic mass is 32.2. The Labute approximate surface area is 127 Å². The summed E-state index contributed by atoms with van der Waals surface area (Å²) < 4.78 is 40.2. The number of hydrogen-bond acceptors (Lipinski definition) is 6. The summed E-state index contributed by atoms with van der Waals surface area (Å²) in [6, 6.07) is 1.88. The van der Waals surface area contributed by atoms with Gasteiger partial charge in [-0.15, -0.1) is 0 Å². The van der Waals surface area contributed by atoms with Gasteiger partial charge < -0.3 is 5.32 Å². The minimum absolute atomic E-state index is 0.258. The second kappa shape index (κ2) is 8.82. The lowest BCUT2D eigenvalue weighted by Crippen LogP contribution is -2.33. The number of hydrogen-bond donors (Lipinski definition) is 1. The number of alkyl halides is 3. The fourth-order valence-corrected chi connectivity index (χ4v) is 2.61. The number of rotatable bonds is 8. The van der Waals surface area contributed by atoms with Gasteiger partial charge in [-0.05, 0) is 17.6 Å². The minimum Gasteiger partial charge on any atom is -0.368 e. The van der Waals surface area contributed by atoms with Gasteiger partial charge in [0.25, 0.3) is 6.54 Å². The van der Waals surface area contributed by atoms with Crippen LogP contribution in [0.3, 0.4) is 0 Å². The van der Waals surface area contributed by atoms with Gasteiger partial charge in [-0.2, -0.15) is 29.3 Å². The zero-order valence-electron chi connectivity index (χ0n) is 10.8. The number of thioether (sulfide) groups is 1. The first kappa shape index (κ1) is 17.7. The number of nitrogens with one attached hydrogen (secondary N) is 1. The van der Waals surface area contributed by atoms with Crippen molar-refractivity contribution in [3.05, 3.63) is 27.3 Å². The maximum absolute atomic E-state index is 12.0. The van der Waals surface area contributed by atoms with Crippen molar-refractivity contribution >= 4 is 29.1 Å². The van der Waals surface area contributed by atoms with Crippen LogP contribution in [0.2, 0.25) is 0 Å². The van der Waals surface area contributed by atoms with Crippen molar-refractivity contribution in [1.82, 2.24) is 9.69 Å². The molecule has 6 nitrogen and oxygen atoms in total. The average molecular weight is 342 g/mol. The van der Waals surface area contributed by atoms with Crippen molar-refractivity contribution < 1.29 is 18.1 Å². The fraction of sp³-hybridized carbons (Fsp3) is 0.600. The van der Waals surface area contributed by atoms with E-state index in [-0.39, 0.29) is 5.84 Å². The van der Waals surface area contributed by atoms with Crippen molar-refractivity contribution in [2.24, 2.45) is 4.99 Å². The zero-order valence-corrected chi connectivity index (χ0v) is 12.4. The van der Waals surface area contributed by atoms with Gasteiger partial charge in [-0.3, -0.25) is 15.1 Å². The maximum Gasteiger partial charge on any atom is 0.408 e. The third-order valence-corrected chi connectivity index (χ3v) is 3.64. The van der Waals surface area contributed by atoms with Crippen LogP contribution in [0, 0.1) is 10.1 Å². The van der Waals surface area contributed by atoms with Crippen LogP contribution >= 0.6 is 23.3 Å². The number of nitro groups is 1. The molecule has 1 heterocycles. The molecule has 0 spiro atoms. The summed E-state index contributed by atoms with van der Waals surface area (Å²) in [6.45, 7) is -1.86. The van der Waals surface area contributed by atoms with Gasteiger partial charge in [0.1, 0.15) is 6.54 Å². The first-order valence-electron chi connectivity index (χ1n) is 5.79. The van der Waals surface area contributed by atoms with Crippen molar-refractivity contribution in [3.8, 4) is 0 Å². The van der Waals surface area contributed by atoms with Crippen molar-refractivity contribution in [2.45, 2.75) is 11.9 Å². The van der Waals surface area contributed by atoms with Gasteiger partial charge in [-0.1, -0.05) is 0 Å². The normalized spacial score (nSPS) is 12.4. The van der Waals surface area contributed by atoms with Crippen LogP contribution < -0.4 is 5.32 Å². The number of amidine groups is 1. The van der Waals surface area contributed by atoms with Gasteiger partial charge in [0.2, 0.25) is 0 Å². The number of nitrogens with zero attached hydrogens (tertiary/aromatic N) is 3. The molecule has 0 saturated carbocycles. The summed E-state index contributed by atoms with van der Waals surface area (Å²) in [5.74, 6) is 1.02. The number of halogens is 3. The Bertz CT molecular complexity index is 465. The molecule has 1 aromatic rings. The third kappa shape index (κ3) is 9.24. The van der Waals surface area contributed by atoms with Crippen LogP contribution in [0.5, 0.6) is 0 Å². The average Bonchev–Trinajstić information content (AvgIpc) is 2.86. The quantitative estimate of drug-likeness (QED) is 0.258. The third-order valence-electron chi connectivity index (χ3n) is 2.04. The van der Waals surface area contributed by atoms with Crippen LogP contribution in [0.25, 0.3) is 0 Å². The van der Waals surface area contributed by atoms with E-state index in [1.165, 1.54) is 23.3 Å². The Kier molecular flexibility index (Phi) is 7.43. The van der Waals surface area contributed by atoms with E-state index in [9.17, 15) is 23.3 Å². The lowest BCUT2D eigenvalue weighted by Gasteiger charge is -2.08. The molecular weight excluding hydrogens is 329 g/mol. The van der Waals surface area contributed by atoms with Gasteiger partial charge >= 0.3 is 6.18 Å². The Morgan fingerprint density at radius 2 is 2.33 bits per heavy atom. The largest absolute Gasteiger partial charge is 0.408 e. The maximum atomic E-state index is 12.0. The predicted molar refractivity (Wildman–Crippen MR) is 76.5 cm³/mol. The van der Waals surface area contributed by atoms with Crippen molar-refractivity contribution in [2.75, 3.05) is 25.4 Å². The van der Waals surface area contributed by atoms with E-state index in [0.717, 1.165) is 5.69 Å². The summed E-state index contributed by atoms with van der Waals surface area (Å²) in [5.41, 5.74) is 0.932. The molecule has 0 fully saturated rings. The van der Waals surface area contributed by atoms with E-state index in [1.54, 1.807) is 0 Å². The van der Waals surface area contributed by atoms with Crippen LogP contribution in [0.15, 0.2) is 16.4 Å². The molecule has 0 radical (unpaired) electrons. The molecule has 0 aromatic carbocycles. The lowest BCUT2D eigenvalue weighted by atomic mass is 10.5. The molecule has 0 aliphatic heterocycles. The fourth-order valence-electron chi connectivity index (χ4n) is 1.23. The Morgan fingerprint density at radius 1 is 1.57 bits per heavy atom. The molecule has 0 bridgehead atoms. The Balaban J connectivity index is 2.30. The topological polar surface area (TPSA) is 80.4 Å². The van der Waals surface area contributed by atoms with Gasteiger partial charge in [-0.25, -0.2) is 0 Å². The number of aromatic nitrogens is 1. The van der Waals surface area contributed by atoms with Crippen LogP contribution in [0.1, 0.15) is 5.69 Å². The Morgan fingerprint density at radius 3 is 2.90 bits per heavy atom. The molecule has 0 amide bonds. The van der Waals surface area contributed by atoms with E-state index in [4.69, 9.17) is 0 Å². The lowest BCUT2D eigenvalue weighted by molar-refractivity contribution is -0.463. The molecule has 0 aliphatic rings. The minimum atomic E-state index is -4.47. The summed E-state index contributed by atoms with van der Waals surface area (Å²) >= 11 is 2.87. The SMILES string of the molecule is O=[N+]([O-])CC(=NCC(F)(F)F)NCCSCc1ccsn1. The van der Waals surface area contributed by atoms with Gasteiger partial charge in [0.05, 0.1) is 5.69 Å². The highest BCUT2D eigenvalue weighted by Crippen LogP contribution is 2.14. The summed E-state index contributed by atoms with van der Waals surface area (Å²) in [7, 11) is 0. The molecule has 0 aliphatic carbocycles. The van der Waals surface area contributed by atoms with E-state index < -0.39 is 24.2 Å². The monoisotopic (exact) mass is 342 g/mol. The summed E-state index contributed by atoms with van der Waals surface area (Å²) in [5, 5.41) is 14.8. The van der Waals surface area contributed by atoms with Gasteiger partial charge in [0, 0.05) is 28.4 Å². The van der Waals surface area contributed by atoms with Gasteiger partial charge in [0.15, 0.2) is 5.84 Å². The molecule has 0 saturated heterocycles. The highest BCUT2D eigenvalue weighted by molar-refractivity contribution is 7.98. The van der Waals surface area contributed by atoms with E-state index in [1.807, 2.05) is 11.4 Å². The predicted octanol–water partition coefficient (Wildman–Crippen LogP) is 2.20. The van der Waals surface area contributed by atoms with E-state index in [2.05, 4.69) is 14.7 Å². The van der Waals surface area contributed by atoms with E-state index >= 15 is 0 Å². The molecule has 118 valence electrons. The zero-order chi connectivity index (χ0) is 15.7. The second-order valence-electron chi connectivity index (χ2n) is 3.84. The van der Waals surface area contributed by atoms with Crippen LogP contribution in [0.4, 0.5) is 13.2 Å². The smallest absolute Gasteiger partial charge is 0.368 e. The van der Waals surface area contributed by atoms with Crippen LogP contribution in [-0.4, -0.2) is 46.7 Å². The standard InChI is InChI=1S/C10H13F3N4O2S2/c11-10(12,13)7-15-9(5-17(18)19)14-2-4-20-6-8-1-3-21-16-8/h1,3H,2,4-7H2,(H,14,15). The number of aliphatic imine (C=N–C) groups is 1. The second-order valence-corrected chi connectivity index (χ2v) is 5.61. The highest BCUT2D eigenvalue weighted by Gasteiger charge is 2.27. The summed E-state index contributed by atoms with van der Waals surface area (Å²) in [6.07, 6.45) is -4.47. The van der Waals surface area contributed by atoms with Crippen molar-refractivity contribution in [3.63, 3.8) is 0 Å². The van der Waals surface area contributed by atoms with Crippen molar-refractivity contribution in [1.29, 1.82) is 0 Å². The Hall–Kier alpha value is -1.36. The van der Waals surface area contributed by atoms with Crippen LogP contribution in [-0.2, 0) is 5.75 Å². The molecule has 21 heavy (non-hydrogen) atoms. The first-order chi connectivity index (χ1) is 9.87.